The molecule has 31 heavy (non-hydrogen) atoms. The van der Waals surface area contributed by atoms with Gasteiger partial charge in [-0.05, 0) is 61.9 Å². The van der Waals surface area contributed by atoms with Crippen molar-refractivity contribution in [3.63, 3.8) is 0 Å². The maximum atomic E-state index is 13.7. The number of hydrogen-bond acceptors (Lipinski definition) is 2. The van der Waals surface area contributed by atoms with E-state index in [1.54, 1.807) is 12.1 Å². The van der Waals surface area contributed by atoms with E-state index < -0.39 is 0 Å². The lowest BCUT2D eigenvalue weighted by atomic mass is 10.1. The zero-order valence-corrected chi connectivity index (χ0v) is 20.4. The zero-order chi connectivity index (χ0) is 21.2. The lowest BCUT2D eigenvalue weighted by Gasteiger charge is -2.26. The molecule has 1 fully saturated rings. The van der Waals surface area contributed by atoms with E-state index >= 15 is 0 Å². The van der Waals surface area contributed by atoms with E-state index in [4.69, 9.17) is 0 Å². The molecule has 0 unspecified atom stereocenters. The number of halogens is 2. The molecule has 0 saturated carbocycles. The summed E-state index contributed by atoms with van der Waals surface area (Å²) in [5.41, 5.74) is 2.46. The molecule has 5 nitrogen and oxygen atoms in total. The number of carbonyl (C=O) groups is 1. The second kappa shape index (κ2) is 13.3. The van der Waals surface area contributed by atoms with E-state index in [0.717, 1.165) is 43.6 Å². The number of carbonyl (C=O) groups excluding carboxylic acids is 1. The van der Waals surface area contributed by atoms with Gasteiger partial charge in [-0.3, -0.25) is 4.79 Å². The summed E-state index contributed by atoms with van der Waals surface area (Å²) in [6.45, 7) is 5.57. The average molecular weight is 538 g/mol. The molecule has 2 aromatic rings. The molecule has 0 spiro atoms. The topological polar surface area (TPSA) is 56.7 Å². The smallest absolute Gasteiger partial charge is 0.253 e. The summed E-state index contributed by atoms with van der Waals surface area (Å²) >= 11 is 0. The molecule has 1 aliphatic heterocycles. The predicted octanol–water partition coefficient (Wildman–Crippen LogP) is 4.37. The number of likely N-dealkylation sites (tertiary alicyclic amines) is 1. The highest BCUT2D eigenvalue weighted by molar-refractivity contribution is 14.0. The lowest BCUT2D eigenvalue weighted by Crippen LogP contribution is -2.38. The standard InChI is InChI=1S/C24H31FN4O.HI/c1-2-26-24(27-15-14-20-8-4-5-9-22(20)25)28-18-19-10-12-21(13-11-19)23(30)29-16-6-3-7-17-29;/h4-5,8-13H,2-3,6-7,14-18H2,1H3,(H2,26,27,28);1H. The number of hydrogen-bond donors (Lipinski definition) is 2. The first kappa shape index (κ1) is 25.1. The summed E-state index contributed by atoms with van der Waals surface area (Å²) in [5, 5.41) is 6.46. The molecule has 168 valence electrons. The van der Waals surface area contributed by atoms with Crippen molar-refractivity contribution in [1.82, 2.24) is 15.5 Å². The second-order valence-corrected chi connectivity index (χ2v) is 7.51. The zero-order valence-electron chi connectivity index (χ0n) is 18.1. The Morgan fingerprint density at radius 3 is 2.42 bits per heavy atom. The van der Waals surface area contributed by atoms with Crippen LogP contribution in [0.1, 0.15) is 47.7 Å². The van der Waals surface area contributed by atoms with Crippen LogP contribution in [0.4, 0.5) is 4.39 Å². The Morgan fingerprint density at radius 1 is 1.03 bits per heavy atom. The number of piperidine rings is 1. The summed E-state index contributed by atoms with van der Waals surface area (Å²) < 4.78 is 13.7. The van der Waals surface area contributed by atoms with Crippen molar-refractivity contribution >= 4 is 35.8 Å². The van der Waals surface area contributed by atoms with E-state index in [1.807, 2.05) is 42.2 Å². The minimum atomic E-state index is -0.180. The van der Waals surface area contributed by atoms with Gasteiger partial charge in [-0.2, -0.15) is 0 Å². The van der Waals surface area contributed by atoms with Crippen LogP contribution in [0.3, 0.4) is 0 Å². The van der Waals surface area contributed by atoms with Gasteiger partial charge in [0.05, 0.1) is 6.54 Å². The van der Waals surface area contributed by atoms with Gasteiger partial charge < -0.3 is 15.5 Å². The largest absolute Gasteiger partial charge is 0.357 e. The molecule has 0 bridgehead atoms. The van der Waals surface area contributed by atoms with E-state index in [-0.39, 0.29) is 35.7 Å². The summed E-state index contributed by atoms with van der Waals surface area (Å²) in [7, 11) is 0. The van der Waals surface area contributed by atoms with Gasteiger partial charge in [0.2, 0.25) is 0 Å². The van der Waals surface area contributed by atoms with Crippen LogP contribution >= 0.6 is 24.0 Å². The molecular weight excluding hydrogens is 506 g/mol. The molecular formula is C24H32FIN4O. The molecule has 1 amide bonds. The number of benzene rings is 2. The molecule has 3 rings (SSSR count). The van der Waals surface area contributed by atoms with Crippen molar-refractivity contribution in [3.05, 3.63) is 71.0 Å². The van der Waals surface area contributed by atoms with Gasteiger partial charge in [-0.15, -0.1) is 24.0 Å². The van der Waals surface area contributed by atoms with Crippen LogP contribution in [0.5, 0.6) is 0 Å². The van der Waals surface area contributed by atoms with Gasteiger partial charge in [-0.25, -0.2) is 9.38 Å². The molecule has 0 aromatic heterocycles. The summed E-state index contributed by atoms with van der Waals surface area (Å²) in [5.74, 6) is 0.635. The number of guanidine groups is 1. The highest BCUT2D eigenvalue weighted by atomic mass is 127. The lowest BCUT2D eigenvalue weighted by molar-refractivity contribution is 0.0724. The van der Waals surface area contributed by atoms with Gasteiger partial charge in [0.25, 0.3) is 5.91 Å². The SMILES string of the molecule is CCNC(=NCc1ccc(C(=O)N2CCCCC2)cc1)NCCc1ccccc1F.I. The summed E-state index contributed by atoms with van der Waals surface area (Å²) in [6.07, 6.45) is 3.99. The maximum absolute atomic E-state index is 13.7. The fourth-order valence-corrected chi connectivity index (χ4v) is 3.56. The van der Waals surface area contributed by atoms with E-state index in [1.165, 1.54) is 12.5 Å². The van der Waals surface area contributed by atoms with Gasteiger partial charge in [0, 0.05) is 31.7 Å². The molecule has 2 N–H and O–H groups in total. The number of nitrogens with one attached hydrogen (secondary N) is 2. The molecule has 1 saturated heterocycles. The Balaban J connectivity index is 0.00000341. The molecule has 1 heterocycles. The highest BCUT2D eigenvalue weighted by Gasteiger charge is 2.17. The third kappa shape index (κ3) is 7.79. The predicted molar refractivity (Wildman–Crippen MR) is 135 cm³/mol. The van der Waals surface area contributed by atoms with Crippen LogP contribution in [0.15, 0.2) is 53.5 Å². The Bertz CT molecular complexity index is 851. The van der Waals surface area contributed by atoms with Crippen LogP contribution in [-0.4, -0.2) is 42.9 Å². The van der Waals surface area contributed by atoms with Crippen molar-refractivity contribution in [2.75, 3.05) is 26.2 Å². The van der Waals surface area contributed by atoms with Crippen LogP contribution in [-0.2, 0) is 13.0 Å². The number of aliphatic imine (C=N–C) groups is 1. The van der Waals surface area contributed by atoms with Gasteiger partial charge in [-0.1, -0.05) is 30.3 Å². The van der Waals surface area contributed by atoms with Crippen molar-refractivity contribution < 1.29 is 9.18 Å². The Hall–Kier alpha value is -2.16. The first-order valence-corrected chi connectivity index (χ1v) is 10.8. The fourth-order valence-electron chi connectivity index (χ4n) is 3.56. The van der Waals surface area contributed by atoms with Gasteiger partial charge >= 0.3 is 0 Å². The Labute approximate surface area is 201 Å². The van der Waals surface area contributed by atoms with Crippen molar-refractivity contribution in [3.8, 4) is 0 Å². The van der Waals surface area contributed by atoms with Crippen LogP contribution in [0.2, 0.25) is 0 Å². The van der Waals surface area contributed by atoms with Gasteiger partial charge in [0.1, 0.15) is 5.82 Å². The van der Waals surface area contributed by atoms with Crippen molar-refractivity contribution in [1.29, 1.82) is 0 Å². The first-order chi connectivity index (χ1) is 14.7. The quantitative estimate of drug-likeness (QED) is 0.313. The molecule has 0 atom stereocenters. The third-order valence-corrected chi connectivity index (χ3v) is 5.25. The number of nitrogens with zero attached hydrogens (tertiary/aromatic N) is 2. The van der Waals surface area contributed by atoms with Gasteiger partial charge in [0.15, 0.2) is 5.96 Å². The highest BCUT2D eigenvalue weighted by Crippen LogP contribution is 2.14. The average Bonchev–Trinajstić information content (AvgIpc) is 2.79. The normalized spacial score (nSPS) is 14.0. The molecule has 2 aromatic carbocycles. The minimum absolute atomic E-state index is 0. The monoisotopic (exact) mass is 538 g/mol. The molecule has 0 aliphatic carbocycles. The van der Waals surface area contributed by atoms with Crippen LogP contribution in [0, 0.1) is 5.82 Å². The van der Waals surface area contributed by atoms with Crippen LogP contribution in [0.25, 0.3) is 0 Å². The number of rotatable bonds is 7. The van der Waals surface area contributed by atoms with E-state index in [9.17, 15) is 9.18 Å². The van der Waals surface area contributed by atoms with Crippen molar-refractivity contribution in [2.24, 2.45) is 4.99 Å². The third-order valence-electron chi connectivity index (χ3n) is 5.25. The van der Waals surface area contributed by atoms with E-state index in [2.05, 4.69) is 15.6 Å². The van der Waals surface area contributed by atoms with E-state index in [0.29, 0.717) is 31.0 Å². The van der Waals surface area contributed by atoms with Crippen LogP contribution < -0.4 is 10.6 Å². The number of amides is 1. The minimum Gasteiger partial charge on any atom is -0.357 e. The second-order valence-electron chi connectivity index (χ2n) is 7.51. The van der Waals surface area contributed by atoms with Crippen molar-refractivity contribution in [2.45, 2.75) is 39.2 Å². The fraction of sp³-hybridized carbons (Fsp3) is 0.417. The summed E-state index contributed by atoms with van der Waals surface area (Å²) in [6, 6.07) is 14.5. The maximum Gasteiger partial charge on any atom is 0.253 e. The molecule has 1 aliphatic rings. The molecule has 0 radical (unpaired) electrons. The first-order valence-electron chi connectivity index (χ1n) is 10.8. The Morgan fingerprint density at radius 2 is 1.74 bits per heavy atom. The molecule has 7 heteroatoms. The Kier molecular flexibility index (Phi) is 10.8. The summed E-state index contributed by atoms with van der Waals surface area (Å²) in [4.78, 5) is 19.1.